The zero-order valence-corrected chi connectivity index (χ0v) is 10.1. The normalized spacial score (nSPS) is 22.5. The molecule has 0 saturated carbocycles. The van der Waals surface area contributed by atoms with Gasteiger partial charge in [0.15, 0.2) is 0 Å². The van der Waals surface area contributed by atoms with Crippen LogP contribution < -0.4 is 11.1 Å². The zero-order chi connectivity index (χ0) is 13.8. The topological polar surface area (TPSA) is 122 Å². The van der Waals surface area contributed by atoms with E-state index in [0.717, 1.165) is 4.90 Å². The van der Waals surface area contributed by atoms with Crippen molar-refractivity contribution in [1.29, 1.82) is 0 Å². The fourth-order valence-electron chi connectivity index (χ4n) is 1.65. The Hall–Kier alpha value is -1.83. The van der Waals surface area contributed by atoms with E-state index >= 15 is 0 Å². The number of carbonyl (C=O) groups is 3. The Morgan fingerprint density at radius 2 is 2.11 bits per heavy atom. The maximum atomic E-state index is 11.9. The first-order valence-electron chi connectivity index (χ1n) is 5.47. The average Bonchev–Trinajstić information content (AvgIpc) is 2.62. The fraction of sp³-hybridized carbons (Fsp3) is 0.700. The van der Waals surface area contributed by atoms with Crippen molar-refractivity contribution < 1.29 is 24.2 Å². The van der Waals surface area contributed by atoms with Gasteiger partial charge >= 0.3 is 12.0 Å². The van der Waals surface area contributed by atoms with E-state index in [0.29, 0.717) is 19.6 Å². The third-order valence-electron chi connectivity index (χ3n) is 2.59. The molecule has 1 unspecified atom stereocenters. The van der Waals surface area contributed by atoms with E-state index in [2.05, 4.69) is 5.32 Å². The second kappa shape index (κ2) is 5.67. The van der Waals surface area contributed by atoms with Crippen LogP contribution in [-0.2, 0) is 14.3 Å². The lowest BCUT2D eigenvalue weighted by Crippen LogP contribution is -2.54. The summed E-state index contributed by atoms with van der Waals surface area (Å²) in [6.45, 7) is 1.67. The summed E-state index contributed by atoms with van der Waals surface area (Å²) in [7, 11) is 0. The summed E-state index contributed by atoms with van der Waals surface area (Å²) in [4.78, 5) is 34.1. The van der Waals surface area contributed by atoms with Gasteiger partial charge in [-0.3, -0.25) is 9.59 Å². The summed E-state index contributed by atoms with van der Waals surface area (Å²) in [5, 5.41) is 11.3. The number of hydrogen-bond donors (Lipinski definition) is 3. The molecule has 8 nitrogen and oxygen atoms in total. The van der Waals surface area contributed by atoms with Crippen LogP contribution in [0, 0.1) is 0 Å². The Labute approximate surface area is 104 Å². The number of carbonyl (C=O) groups excluding carboxylic acids is 2. The van der Waals surface area contributed by atoms with Crippen LogP contribution in [0.1, 0.15) is 13.3 Å². The number of nitrogens with one attached hydrogen (secondary N) is 1. The number of ether oxygens (including phenoxy) is 1. The van der Waals surface area contributed by atoms with Crippen LogP contribution in [0.25, 0.3) is 0 Å². The molecule has 1 fully saturated rings. The van der Waals surface area contributed by atoms with Gasteiger partial charge in [-0.05, 0) is 13.3 Å². The number of rotatable bonds is 5. The van der Waals surface area contributed by atoms with E-state index in [-0.39, 0.29) is 0 Å². The number of primary amides is 1. The molecule has 0 aromatic heterocycles. The Bertz CT molecular complexity index is 335. The number of aliphatic carboxylic acids is 1. The van der Waals surface area contributed by atoms with Crippen molar-refractivity contribution in [2.24, 2.45) is 5.73 Å². The minimum absolute atomic E-state index is 0.357. The molecule has 8 heteroatoms. The zero-order valence-electron chi connectivity index (χ0n) is 10.1. The van der Waals surface area contributed by atoms with E-state index in [4.69, 9.17) is 15.6 Å². The number of carboxylic acids is 1. The number of hydrogen-bond acceptors (Lipinski definition) is 4. The van der Waals surface area contributed by atoms with Gasteiger partial charge in [-0.25, -0.2) is 4.79 Å². The summed E-state index contributed by atoms with van der Waals surface area (Å²) < 4.78 is 5.16. The minimum atomic E-state index is -1.21. The summed E-state index contributed by atoms with van der Waals surface area (Å²) in [6.07, 6.45) is 0.635. The predicted molar refractivity (Wildman–Crippen MR) is 60.8 cm³/mol. The van der Waals surface area contributed by atoms with E-state index in [9.17, 15) is 14.4 Å². The van der Waals surface area contributed by atoms with E-state index < -0.39 is 36.5 Å². The van der Waals surface area contributed by atoms with Gasteiger partial charge in [0.1, 0.15) is 13.1 Å². The number of amides is 3. The molecule has 1 saturated heterocycles. The van der Waals surface area contributed by atoms with Gasteiger partial charge in [-0.2, -0.15) is 0 Å². The van der Waals surface area contributed by atoms with Crippen molar-refractivity contribution in [2.45, 2.75) is 18.9 Å². The molecule has 4 N–H and O–H groups in total. The highest BCUT2D eigenvalue weighted by molar-refractivity contribution is 5.86. The SMILES string of the molecule is CC1(NC(=O)N(CC(N)=O)CC(=O)O)CCOC1. The molecule has 1 aliphatic rings. The van der Waals surface area contributed by atoms with E-state index in [1.54, 1.807) is 6.92 Å². The smallest absolute Gasteiger partial charge is 0.323 e. The van der Waals surface area contributed by atoms with Gasteiger partial charge in [0.25, 0.3) is 0 Å². The molecule has 0 aromatic rings. The maximum Gasteiger partial charge on any atom is 0.323 e. The third-order valence-corrected chi connectivity index (χ3v) is 2.59. The molecule has 0 aromatic carbocycles. The van der Waals surface area contributed by atoms with Crippen molar-refractivity contribution in [3.05, 3.63) is 0 Å². The lowest BCUT2D eigenvalue weighted by Gasteiger charge is -2.28. The van der Waals surface area contributed by atoms with Gasteiger partial charge in [0.05, 0.1) is 12.1 Å². The molecule has 1 aliphatic heterocycles. The monoisotopic (exact) mass is 259 g/mol. The highest BCUT2D eigenvalue weighted by atomic mass is 16.5. The highest BCUT2D eigenvalue weighted by Crippen LogP contribution is 2.17. The average molecular weight is 259 g/mol. The van der Waals surface area contributed by atoms with Gasteiger partial charge < -0.3 is 25.8 Å². The fourth-order valence-corrected chi connectivity index (χ4v) is 1.65. The maximum absolute atomic E-state index is 11.9. The lowest BCUT2D eigenvalue weighted by atomic mass is 10.0. The van der Waals surface area contributed by atoms with Gasteiger partial charge in [0, 0.05) is 6.61 Å². The quantitative estimate of drug-likeness (QED) is 0.569. The summed E-state index contributed by atoms with van der Waals surface area (Å²) in [6, 6.07) is -0.635. The molecule has 3 amide bonds. The van der Waals surface area contributed by atoms with Crippen LogP contribution in [0.4, 0.5) is 4.79 Å². The molecule has 1 atom stereocenters. The molecule has 102 valence electrons. The van der Waals surface area contributed by atoms with Crippen molar-refractivity contribution in [1.82, 2.24) is 10.2 Å². The van der Waals surface area contributed by atoms with Gasteiger partial charge in [-0.1, -0.05) is 0 Å². The van der Waals surface area contributed by atoms with Crippen molar-refractivity contribution in [3.63, 3.8) is 0 Å². The first-order chi connectivity index (χ1) is 8.32. The molecule has 1 rings (SSSR count). The molecule has 0 bridgehead atoms. The van der Waals surface area contributed by atoms with Crippen LogP contribution >= 0.6 is 0 Å². The second-order valence-electron chi connectivity index (χ2n) is 4.51. The Kier molecular flexibility index (Phi) is 4.49. The predicted octanol–water partition coefficient (Wildman–Crippen LogP) is -1.25. The number of nitrogens with two attached hydrogens (primary N) is 1. The molecule has 0 aliphatic carbocycles. The van der Waals surface area contributed by atoms with Gasteiger partial charge in [-0.15, -0.1) is 0 Å². The van der Waals surface area contributed by atoms with Gasteiger partial charge in [0.2, 0.25) is 5.91 Å². The van der Waals surface area contributed by atoms with Crippen molar-refractivity contribution in [3.8, 4) is 0 Å². The molecular formula is C10H17N3O5. The third kappa shape index (κ3) is 4.21. The van der Waals surface area contributed by atoms with Crippen LogP contribution in [0.3, 0.4) is 0 Å². The Morgan fingerprint density at radius 1 is 1.44 bits per heavy atom. The largest absolute Gasteiger partial charge is 0.480 e. The van der Waals surface area contributed by atoms with E-state index in [1.165, 1.54) is 0 Å². The molecule has 1 heterocycles. The van der Waals surface area contributed by atoms with Crippen LogP contribution in [-0.4, -0.2) is 59.8 Å². The minimum Gasteiger partial charge on any atom is -0.480 e. The number of carboxylic acid groups (broad SMARTS) is 1. The first-order valence-corrected chi connectivity index (χ1v) is 5.47. The number of nitrogens with zero attached hydrogens (tertiary/aromatic N) is 1. The van der Waals surface area contributed by atoms with Crippen molar-refractivity contribution >= 4 is 17.9 Å². The number of urea groups is 1. The van der Waals surface area contributed by atoms with Crippen LogP contribution in [0.15, 0.2) is 0 Å². The summed E-state index contributed by atoms with van der Waals surface area (Å²) >= 11 is 0. The van der Waals surface area contributed by atoms with Crippen LogP contribution in [0.2, 0.25) is 0 Å². The molecule has 18 heavy (non-hydrogen) atoms. The lowest BCUT2D eigenvalue weighted by molar-refractivity contribution is -0.137. The molecule has 0 spiro atoms. The Morgan fingerprint density at radius 3 is 2.56 bits per heavy atom. The second-order valence-corrected chi connectivity index (χ2v) is 4.51. The van der Waals surface area contributed by atoms with E-state index in [1.807, 2.05) is 0 Å². The highest BCUT2D eigenvalue weighted by Gasteiger charge is 2.33. The molecular weight excluding hydrogens is 242 g/mol. The summed E-state index contributed by atoms with van der Waals surface area (Å²) in [5.74, 6) is -1.97. The summed E-state index contributed by atoms with van der Waals surface area (Å²) in [5.41, 5.74) is 4.43. The first kappa shape index (κ1) is 14.2. The van der Waals surface area contributed by atoms with Crippen LogP contribution in [0.5, 0.6) is 0 Å². The molecule has 0 radical (unpaired) electrons. The van der Waals surface area contributed by atoms with Crippen molar-refractivity contribution in [2.75, 3.05) is 26.3 Å². The Balaban J connectivity index is 2.63. The standard InChI is InChI=1S/C10H17N3O5/c1-10(2-3-18-6-10)12-9(17)13(4-7(11)14)5-8(15)16/h2-6H2,1H3,(H2,11,14)(H,12,17)(H,15,16).